The molecule has 0 aromatic heterocycles. The van der Waals surface area contributed by atoms with Gasteiger partial charge < -0.3 is 4.90 Å². The maximum Gasteiger partial charge on any atom is 0.223 e. The molecule has 0 atom stereocenters. The Morgan fingerprint density at radius 3 is 2.53 bits per heavy atom. The number of hydrogen-bond acceptors (Lipinski definition) is 2. The van der Waals surface area contributed by atoms with E-state index in [1.165, 1.54) is 24.1 Å². The van der Waals surface area contributed by atoms with E-state index in [4.69, 9.17) is 0 Å². The van der Waals surface area contributed by atoms with Gasteiger partial charge in [0.25, 0.3) is 0 Å². The molecule has 1 aromatic carbocycles. The van der Waals surface area contributed by atoms with Crippen LogP contribution < -0.4 is 0 Å². The standard InChI is InChI=1S/C12H13NO2/c1-11(15)13(8-5-9-14)10-12-6-3-2-4-7-12/h2-9H,10H2,1H3. The van der Waals surface area contributed by atoms with Crippen LogP contribution in [-0.2, 0) is 16.1 Å². The van der Waals surface area contributed by atoms with E-state index in [0.717, 1.165) is 5.56 Å². The van der Waals surface area contributed by atoms with Crippen LogP contribution in [0.1, 0.15) is 12.5 Å². The van der Waals surface area contributed by atoms with E-state index in [9.17, 15) is 9.59 Å². The Morgan fingerprint density at radius 1 is 1.33 bits per heavy atom. The van der Waals surface area contributed by atoms with Gasteiger partial charge in [0.2, 0.25) is 5.91 Å². The Morgan fingerprint density at radius 2 is 2.00 bits per heavy atom. The maximum absolute atomic E-state index is 11.2. The predicted octanol–water partition coefficient (Wildman–Crippen LogP) is 1.75. The summed E-state index contributed by atoms with van der Waals surface area (Å²) in [4.78, 5) is 22.9. The van der Waals surface area contributed by atoms with Crippen molar-refractivity contribution >= 4 is 12.2 Å². The highest BCUT2D eigenvalue weighted by atomic mass is 16.2. The number of benzene rings is 1. The van der Waals surface area contributed by atoms with Crippen molar-refractivity contribution < 1.29 is 9.59 Å². The largest absolute Gasteiger partial charge is 0.315 e. The molecule has 78 valence electrons. The van der Waals surface area contributed by atoms with Crippen LogP contribution >= 0.6 is 0 Å². The van der Waals surface area contributed by atoms with Crippen LogP contribution in [0, 0.1) is 0 Å². The zero-order valence-electron chi connectivity index (χ0n) is 8.59. The first-order valence-electron chi connectivity index (χ1n) is 4.67. The molecule has 0 N–H and O–H groups in total. The lowest BCUT2D eigenvalue weighted by Gasteiger charge is -2.15. The summed E-state index contributed by atoms with van der Waals surface area (Å²) in [7, 11) is 0. The van der Waals surface area contributed by atoms with Gasteiger partial charge in [-0.2, -0.15) is 0 Å². The first kappa shape index (κ1) is 11.2. The van der Waals surface area contributed by atoms with Crippen LogP contribution in [0.2, 0.25) is 0 Å². The van der Waals surface area contributed by atoms with Crippen LogP contribution in [0.25, 0.3) is 0 Å². The van der Waals surface area contributed by atoms with Gasteiger partial charge in [-0.3, -0.25) is 9.59 Å². The normalized spacial score (nSPS) is 10.2. The van der Waals surface area contributed by atoms with Gasteiger partial charge in [-0.1, -0.05) is 30.3 Å². The van der Waals surface area contributed by atoms with Gasteiger partial charge in [-0.25, -0.2) is 0 Å². The minimum atomic E-state index is -0.0862. The SMILES string of the molecule is CC(=O)N(C=CC=O)Cc1ccccc1. The van der Waals surface area contributed by atoms with E-state index in [-0.39, 0.29) is 5.91 Å². The summed E-state index contributed by atoms with van der Waals surface area (Å²) in [5.74, 6) is -0.0862. The summed E-state index contributed by atoms with van der Waals surface area (Å²) in [5.41, 5.74) is 1.03. The lowest BCUT2D eigenvalue weighted by molar-refractivity contribution is -0.126. The maximum atomic E-state index is 11.2. The van der Waals surface area contributed by atoms with Crippen LogP contribution in [-0.4, -0.2) is 17.1 Å². The van der Waals surface area contributed by atoms with E-state index < -0.39 is 0 Å². The molecule has 0 heterocycles. The van der Waals surface area contributed by atoms with Crippen molar-refractivity contribution in [2.75, 3.05) is 0 Å². The van der Waals surface area contributed by atoms with Crippen molar-refractivity contribution in [2.45, 2.75) is 13.5 Å². The van der Waals surface area contributed by atoms with Gasteiger partial charge >= 0.3 is 0 Å². The molecule has 0 fully saturated rings. The number of allylic oxidation sites excluding steroid dienone is 1. The molecule has 1 rings (SSSR count). The molecule has 0 aliphatic carbocycles. The molecule has 0 spiro atoms. The molecule has 0 bridgehead atoms. The summed E-state index contributed by atoms with van der Waals surface area (Å²) in [6, 6.07) is 9.62. The van der Waals surface area contributed by atoms with Crippen molar-refractivity contribution in [3.8, 4) is 0 Å². The second-order valence-corrected chi connectivity index (χ2v) is 3.11. The monoisotopic (exact) mass is 203 g/mol. The van der Waals surface area contributed by atoms with Gasteiger partial charge in [-0.15, -0.1) is 0 Å². The van der Waals surface area contributed by atoms with E-state index in [0.29, 0.717) is 12.8 Å². The number of hydrogen-bond donors (Lipinski definition) is 0. The van der Waals surface area contributed by atoms with Crippen LogP contribution in [0.3, 0.4) is 0 Å². The molecule has 3 heteroatoms. The molecule has 0 saturated heterocycles. The molecular weight excluding hydrogens is 190 g/mol. The second-order valence-electron chi connectivity index (χ2n) is 3.11. The van der Waals surface area contributed by atoms with Gasteiger partial charge in [0.05, 0.1) is 6.54 Å². The number of carbonyl (C=O) groups is 2. The van der Waals surface area contributed by atoms with Crippen molar-refractivity contribution in [3.63, 3.8) is 0 Å². The van der Waals surface area contributed by atoms with Gasteiger partial charge in [0.15, 0.2) is 0 Å². The molecule has 1 amide bonds. The van der Waals surface area contributed by atoms with Crippen LogP contribution in [0.4, 0.5) is 0 Å². The van der Waals surface area contributed by atoms with E-state index in [1.807, 2.05) is 30.3 Å². The third-order valence-corrected chi connectivity index (χ3v) is 1.94. The summed E-state index contributed by atoms with van der Waals surface area (Å²) >= 11 is 0. The third kappa shape index (κ3) is 3.77. The molecule has 1 aromatic rings. The minimum absolute atomic E-state index is 0.0862. The van der Waals surface area contributed by atoms with Crippen molar-refractivity contribution in [2.24, 2.45) is 0 Å². The van der Waals surface area contributed by atoms with Gasteiger partial charge in [0.1, 0.15) is 6.29 Å². The average molecular weight is 203 g/mol. The number of nitrogens with zero attached hydrogens (tertiary/aromatic N) is 1. The number of aldehydes is 1. The van der Waals surface area contributed by atoms with Crippen LogP contribution in [0.5, 0.6) is 0 Å². The quantitative estimate of drug-likeness (QED) is 0.552. The summed E-state index contributed by atoms with van der Waals surface area (Å²) in [5, 5.41) is 0. The topological polar surface area (TPSA) is 37.4 Å². The highest BCUT2D eigenvalue weighted by Crippen LogP contribution is 2.04. The highest BCUT2D eigenvalue weighted by molar-refractivity contribution is 5.75. The number of rotatable bonds is 4. The molecule has 15 heavy (non-hydrogen) atoms. The fourth-order valence-corrected chi connectivity index (χ4v) is 1.19. The number of amides is 1. The Hall–Kier alpha value is -1.90. The summed E-state index contributed by atoms with van der Waals surface area (Å²) in [6.07, 6.45) is 3.45. The van der Waals surface area contributed by atoms with Crippen molar-refractivity contribution in [3.05, 3.63) is 48.2 Å². The molecule has 0 unspecified atom stereocenters. The van der Waals surface area contributed by atoms with Crippen LogP contribution in [0.15, 0.2) is 42.6 Å². The molecule has 0 aliphatic rings. The fraction of sp³-hybridized carbons (Fsp3) is 0.167. The first-order valence-corrected chi connectivity index (χ1v) is 4.67. The molecular formula is C12H13NO2. The lowest BCUT2D eigenvalue weighted by atomic mass is 10.2. The van der Waals surface area contributed by atoms with E-state index >= 15 is 0 Å². The Balaban J connectivity index is 2.71. The lowest BCUT2D eigenvalue weighted by Crippen LogP contribution is -2.22. The van der Waals surface area contributed by atoms with Gasteiger partial charge in [0, 0.05) is 13.1 Å². The molecule has 0 radical (unpaired) electrons. The zero-order valence-corrected chi connectivity index (χ0v) is 8.59. The predicted molar refractivity (Wildman–Crippen MR) is 57.9 cm³/mol. The zero-order chi connectivity index (χ0) is 11.1. The van der Waals surface area contributed by atoms with Crippen molar-refractivity contribution in [1.29, 1.82) is 0 Å². The molecule has 0 saturated carbocycles. The fourth-order valence-electron chi connectivity index (χ4n) is 1.19. The third-order valence-electron chi connectivity index (χ3n) is 1.94. The molecule has 3 nitrogen and oxygen atoms in total. The Bertz CT molecular complexity index is 357. The summed E-state index contributed by atoms with van der Waals surface area (Å²) < 4.78 is 0. The second kappa shape index (κ2) is 5.75. The van der Waals surface area contributed by atoms with E-state index in [1.54, 1.807) is 0 Å². The average Bonchev–Trinajstić information content (AvgIpc) is 2.25. The minimum Gasteiger partial charge on any atom is -0.315 e. The van der Waals surface area contributed by atoms with Crippen molar-refractivity contribution in [1.82, 2.24) is 4.90 Å². The Kier molecular flexibility index (Phi) is 4.29. The number of carbonyl (C=O) groups excluding carboxylic acids is 2. The molecule has 0 aliphatic heterocycles. The van der Waals surface area contributed by atoms with E-state index in [2.05, 4.69) is 0 Å². The highest BCUT2D eigenvalue weighted by Gasteiger charge is 2.04. The Labute approximate surface area is 89.0 Å². The smallest absolute Gasteiger partial charge is 0.223 e. The van der Waals surface area contributed by atoms with Gasteiger partial charge in [-0.05, 0) is 11.6 Å². The summed E-state index contributed by atoms with van der Waals surface area (Å²) in [6.45, 7) is 1.96. The first-order chi connectivity index (χ1) is 7.24.